The molecule has 0 atom stereocenters. The first-order valence-corrected chi connectivity index (χ1v) is 7.33. The fourth-order valence-electron chi connectivity index (χ4n) is 1.79. The van der Waals surface area contributed by atoms with Crippen molar-refractivity contribution in [3.05, 3.63) is 41.2 Å². The number of halogens is 4. The lowest BCUT2D eigenvalue weighted by Crippen LogP contribution is -2.38. The minimum atomic E-state index is -4.47. The van der Waals surface area contributed by atoms with Crippen LogP contribution in [0.2, 0.25) is 5.15 Å². The summed E-state index contributed by atoms with van der Waals surface area (Å²) in [4.78, 5) is 17.3. The molecule has 2 heterocycles. The van der Waals surface area contributed by atoms with E-state index in [9.17, 15) is 18.0 Å². The lowest BCUT2D eigenvalue weighted by atomic mass is 10.3. The van der Waals surface area contributed by atoms with Gasteiger partial charge < -0.3 is 4.90 Å². The first-order chi connectivity index (χ1) is 10.3. The number of imidazole rings is 1. The van der Waals surface area contributed by atoms with Gasteiger partial charge in [-0.25, -0.2) is 4.98 Å². The number of alkyl halides is 3. The highest BCUT2D eigenvalue weighted by molar-refractivity contribution is 7.15. The zero-order valence-electron chi connectivity index (χ0n) is 11.2. The van der Waals surface area contributed by atoms with Crippen LogP contribution in [0.1, 0.15) is 5.69 Å². The highest BCUT2D eigenvalue weighted by Gasteiger charge is 2.31. The van der Waals surface area contributed by atoms with Crippen molar-refractivity contribution in [2.75, 3.05) is 13.1 Å². The number of carbonyl (C=O) groups is 1. The zero-order valence-corrected chi connectivity index (χ0v) is 12.8. The Morgan fingerprint density at radius 2 is 2.27 bits per heavy atom. The zero-order chi connectivity index (χ0) is 16.3. The molecular weight excluding hydrogens is 339 g/mol. The van der Waals surface area contributed by atoms with Crippen molar-refractivity contribution >= 4 is 39.9 Å². The van der Waals surface area contributed by atoms with Crippen molar-refractivity contribution in [3.8, 4) is 0 Å². The number of rotatable bonds is 5. The van der Waals surface area contributed by atoms with Crippen LogP contribution >= 0.6 is 22.9 Å². The summed E-state index contributed by atoms with van der Waals surface area (Å²) in [6.07, 6.45) is 0.869. The van der Waals surface area contributed by atoms with E-state index in [-0.39, 0.29) is 11.7 Å². The van der Waals surface area contributed by atoms with Gasteiger partial charge in [0.25, 0.3) is 0 Å². The number of carbonyl (C=O) groups excluding carboxylic acids is 1. The van der Waals surface area contributed by atoms with Crippen LogP contribution in [0.3, 0.4) is 0 Å². The van der Waals surface area contributed by atoms with Gasteiger partial charge in [-0.2, -0.15) is 13.2 Å². The molecule has 0 unspecified atom stereocenters. The third-order valence-electron chi connectivity index (χ3n) is 2.67. The monoisotopic (exact) mass is 349 g/mol. The average molecular weight is 350 g/mol. The first kappa shape index (κ1) is 16.6. The molecule has 4 nitrogen and oxygen atoms in total. The van der Waals surface area contributed by atoms with Gasteiger partial charge in [0.15, 0.2) is 10.1 Å². The van der Waals surface area contributed by atoms with Gasteiger partial charge in [-0.15, -0.1) is 17.9 Å². The molecule has 0 N–H and O–H groups in total. The van der Waals surface area contributed by atoms with Crippen molar-refractivity contribution in [1.82, 2.24) is 14.3 Å². The fraction of sp³-hybridized carbons (Fsp3) is 0.231. The second-order valence-electron chi connectivity index (χ2n) is 4.30. The van der Waals surface area contributed by atoms with Gasteiger partial charge in [0, 0.05) is 24.2 Å². The molecule has 0 saturated carbocycles. The Morgan fingerprint density at radius 1 is 1.55 bits per heavy atom. The summed E-state index contributed by atoms with van der Waals surface area (Å²) in [6, 6.07) is 0. The molecule has 0 radical (unpaired) electrons. The molecule has 0 aliphatic heterocycles. The SMILES string of the molecule is C=CCN(CC(F)(F)F)C(=O)/C=C/c1c(Cl)nc2sccn12. The van der Waals surface area contributed by atoms with Crippen LogP contribution in [0.15, 0.2) is 30.3 Å². The topological polar surface area (TPSA) is 37.6 Å². The molecule has 0 bridgehead atoms. The Bertz CT molecular complexity index is 720. The van der Waals surface area contributed by atoms with Crippen LogP contribution in [0, 0.1) is 0 Å². The molecule has 0 aliphatic carbocycles. The molecule has 118 valence electrons. The standard InChI is InChI=1S/C13H11ClF3N3OS/c1-2-5-19(8-13(15,16)17)10(21)4-3-9-11(14)18-12-20(9)6-7-22-12/h2-4,6-7H,1,5,8H2/b4-3+. The van der Waals surface area contributed by atoms with Crippen LogP contribution in [-0.2, 0) is 4.79 Å². The van der Waals surface area contributed by atoms with Crippen LogP contribution in [-0.4, -0.2) is 39.5 Å². The number of thiazole rings is 1. The summed E-state index contributed by atoms with van der Waals surface area (Å²) >= 11 is 7.30. The third kappa shape index (κ3) is 3.89. The van der Waals surface area contributed by atoms with Crippen molar-refractivity contribution in [3.63, 3.8) is 0 Å². The highest BCUT2D eigenvalue weighted by atomic mass is 35.5. The smallest absolute Gasteiger partial charge is 0.326 e. The highest BCUT2D eigenvalue weighted by Crippen LogP contribution is 2.22. The van der Waals surface area contributed by atoms with Crippen molar-refractivity contribution in [1.29, 1.82) is 0 Å². The van der Waals surface area contributed by atoms with E-state index in [1.54, 1.807) is 16.0 Å². The number of nitrogens with zero attached hydrogens (tertiary/aromatic N) is 3. The van der Waals surface area contributed by atoms with Crippen LogP contribution in [0.4, 0.5) is 13.2 Å². The summed E-state index contributed by atoms with van der Waals surface area (Å²) < 4.78 is 39.0. The molecular formula is C13H11ClF3N3OS. The molecule has 2 aromatic heterocycles. The minimum absolute atomic E-state index is 0.182. The van der Waals surface area contributed by atoms with Gasteiger partial charge >= 0.3 is 6.18 Å². The molecule has 2 aromatic rings. The molecule has 0 aliphatic rings. The maximum absolute atomic E-state index is 12.4. The quantitative estimate of drug-likeness (QED) is 0.610. The second kappa shape index (κ2) is 6.53. The predicted molar refractivity (Wildman–Crippen MR) is 79.9 cm³/mol. The van der Waals surface area contributed by atoms with Crippen molar-refractivity contribution in [2.45, 2.75) is 6.18 Å². The largest absolute Gasteiger partial charge is 0.406 e. The second-order valence-corrected chi connectivity index (χ2v) is 5.53. The molecule has 1 amide bonds. The lowest BCUT2D eigenvalue weighted by molar-refractivity contribution is -0.157. The van der Waals surface area contributed by atoms with E-state index < -0.39 is 18.6 Å². The van der Waals surface area contributed by atoms with E-state index in [0.29, 0.717) is 15.6 Å². The summed E-state index contributed by atoms with van der Waals surface area (Å²) in [6.45, 7) is 1.82. The molecule has 0 spiro atoms. The predicted octanol–water partition coefficient (Wildman–Crippen LogP) is 3.64. The maximum atomic E-state index is 12.4. The van der Waals surface area contributed by atoms with Crippen molar-refractivity contribution in [2.24, 2.45) is 0 Å². The van der Waals surface area contributed by atoms with E-state index in [0.717, 1.165) is 6.08 Å². The Balaban J connectivity index is 2.19. The summed E-state index contributed by atoms with van der Waals surface area (Å²) in [7, 11) is 0. The summed E-state index contributed by atoms with van der Waals surface area (Å²) in [5.41, 5.74) is 0.442. The Kier molecular flexibility index (Phi) is 4.92. The van der Waals surface area contributed by atoms with Gasteiger partial charge in [-0.05, 0) is 6.08 Å². The summed E-state index contributed by atoms with van der Waals surface area (Å²) in [5.74, 6) is -0.779. The maximum Gasteiger partial charge on any atom is 0.406 e. The lowest BCUT2D eigenvalue weighted by Gasteiger charge is -2.20. The van der Waals surface area contributed by atoms with E-state index >= 15 is 0 Å². The van der Waals surface area contributed by atoms with Crippen LogP contribution < -0.4 is 0 Å². The molecule has 2 rings (SSSR count). The number of fused-ring (bicyclic) bond motifs is 1. The molecule has 9 heteroatoms. The van der Waals surface area contributed by atoms with Crippen molar-refractivity contribution < 1.29 is 18.0 Å². The number of hydrogen-bond donors (Lipinski definition) is 0. The van der Waals surface area contributed by atoms with E-state index in [4.69, 9.17) is 11.6 Å². The van der Waals surface area contributed by atoms with Gasteiger partial charge in [0.2, 0.25) is 5.91 Å². The van der Waals surface area contributed by atoms with Crippen LogP contribution in [0.5, 0.6) is 0 Å². The van der Waals surface area contributed by atoms with Crippen LogP contribution in [0.25, 0.3) is 11.0 Å². The Hall–Kier alpha value is -1.80. The summed E-state index contributed by atoms with van der Waals surface area (Å²) in [5, 5.41) is 1.97. The first-order valence-electron chi connectivity index (χ1n) is 6.07. The van der Waals surface area contributed by atoms with Gasteiger partial charge in [-0.1, -0.05) is 17.7 Å². The average Bonchev–Trinajstić information content (AvgIpc) is 2.95. The third-order valence-corrected chi connectivity index (χ3v) is 3.70. The molecule has 22 heavy (non-hydrogen) atoms. The number of aromatic nitrogens is 2. The molecule has 0 saturated heterocycles. The number of hydrogen-bond acceptors (Lipinski definition) is 3. The van der Waals surface area contributed by atoms with E-state index in [1.807, 2.05) is 0 Å². The van der Waals surface area contributed by atoms with Gasteiger partial charge in [-0.3, -0.25) is 9.20 Å². The molecule has 0 fully saturated rings. The fourth-order valence-corrected chi connectivity index (χ4v) is 2.79. The van der Waals surface area contributed by atoms with E-state index in [1.165, 1.54) is 23.5 Å². The normalized spacial score (nSPS) is 12.2. The Labute approximate surface area is 133 Å². The van der Waals surface area contributed by atoms with E-state index in [2.05, 4.69) is 11.6 Å². The Morgan fingerprint density at radius 3 is 2.91 bits per heavy atom. The minimum Gasteiger partial charge on any atom is -0.326 e. The molecule has 0 aromatic carbocycles. The van der Waals surface area contributed by atoms with Gasteiger partial charge in [0.05, 0.1) is 5.69 Å². The van der Waals surface area contributed by atoms with Gasteiger partial charge in [0.1, 0.15) is 6.54 Å². The number of amides is 1.